The van der Waals surface area contributed by atoms with Crippen LogP contribution in [0.15, 0.2) is 67.0 Å². The molecule has 0 atom stereocenters. The van der Waals surface area contributed by atoms with Crippen molar-refractivity contribution in [1.29, 1.82) is 0 Å². The molecule has 0 saturated heterocycles. The molecule has 2 aromatic carbocycles. The molecule has 4 rings (SSSR count). The van der Waals surface area contributed by atoms with E-state index < -0.39 is 0 Å². The van der Waals surface area contributed by atoms with Gasteiger partial charge in [-0.05, 0) is 35.9 Å². The minimum atomic E-state index is -0.133. The number of rotatable bonds is 2. The lowest BCUT2D eigenvalue weighted by atomic mass is 9.98. The van der Waals surface area contributed by atoms with Gasteiger partial charge in [-0.1, -0.05) is 18.2 Å². The number of hydrogen-bond donors (Lipinski definition) is 1. The number of amides is 1. The van der Waals surface area contributed by atoms with Crippen molar-refractivity contribution < 1.29 is 9.53 Å². The second-order valence-corrected chi connectivity index (χ2v) is 5.35. The van der Waals surface area contributed by atoms with E-state index in [4.69, 9.17) is 4.74 Å². The molecule has 0 fully saturated rings. The van der Waals surface area contributed by atoms with Crippen molar-refractivity contribution in [2.24, 2.45) is 0 Å². The lowest BCUT2D eigenvalue weighted by Crippen LogP contribution is -2.12. The number of nitrogens with zero attached hydrogens (tertiary/aromatic N) is 1. The van der Waals surface area contributed by atoms with Crippen molar-refractivity contribution in [3.05, 3.63) is 78.1 Å². The molecule has 23 heavy (non-hydrogen) atoms. The van der Waals surface area contributed by atoms with Crippen molar-refractivity contribution in [3.63, 3.8) is 0 Å². The van der Waals surface area contributed by atoms with Crippen LogP contribution in [0.3, 0.4) is 0 Å². The third-order valence-corrected chi connectivity index (χ3v) is 3.85. The van der Waals surface area contributed by atoms with E-state index in [-0.39, 0.29) is 5.91 Å². The molecule has 4 heteroatoms. The van der Waals surface area contributed by atoms with E-state index in [2.05, 4.69) is 10.3 Å². The van der Waals surface area contributed by atoms with Crippen LogP contribution in [-0.2, 0) is 6.61 Å². The monoisotopic (exact) mass is 302 g/mol. The smallest absolute Gasteiger partial charge is 0.255 e. The highest BCUT2D eigenvalue weighted by molar-refractivity contribution is 6.04. The van der Waals surface area contributed by atoms with Gasteiger partial charge in [0.05, 0.1) is 0 Å². The standard InChI is InChI=1S/C19H14N2O2/c22-19(13-4-2-1-3-5-13)21-15-6-7-17-16-8-9-20-11-14(16)12-23-18(17)10-15/h1-11H,12H2,(H,21,22). The van der Waals surface area contributed by atoms with Crippen molar-refractivity contribution in [1.82, 2.24) is 4.98 Å². The second kappa shape index (κ2) is 5.57. The Bertz CT molecular complexity index is 876. The van der Waals surface area contributed by atoms with Gasteiger partial charge in [0.1, 0.15) is 12.4 Å². The SMILES string of the molecule is O=C(Nc1ccc2c(c1)OCc1cnccc1-2)c1ccccc1. The van der Waals surface area contributed by atoms with E-state index in [0.29, 0.717) is 12.2 Å². The van der Waals surface area contributed by atoms with Gasteiger partial charge >= 0.3 is 0 Å². The van der Waals surface area contributed by atoms with Crippen molar-refractivity contribution in [2.45, 2.75) is 6.61 Å². The average molecular weight is 302 g/mol. The molecule has 0 aliphatic carbocycles. The maximum atomic E-state index is 12.2. The summed E-state index contributed by atoms with van der Waals surface area (Å²) in [5.41, 5.74) is 4.56. The van der Waals surface area contributed by atoms with Gasteiger partial charge in [-0.25, -0.2) is 0 Å². The summed E-state index contributed by atoms with van der Waals surface area (Å²) in [5.74, 6) is 0.639. The van der Waals surface area contributed by atoms with Crippen LogP contribution in [0.25, 0.3) is 11.1 Å². The van der Waals surface area contributed by atoms with Gasteiger partial charge in [0.2, 0.25) is 0 Å². The summed E-state index contributed by atoms with van der Waals surface area (Å²) in [6, 6.07) is 16.8. The maximum Gasteiger partial charge on any atom is 0.255 e. The topological polar surface area (TPSA) is 51.2 Å². The lowest BCUT2D eigenvalue weighted by Gasteiger charge is -2.21. The normalized spacial score (nSPS) is 11.8. The minimum absolute atomic E-state index is 0.133. The fourth-order valence-electron chi connectivity index (χ4n) is 2.70. The van der Waals surface area contributed by atoms with E-state index in [1.807, 2.05) is 48.7 Å². The van der Waals surface area contributed by atoms with Gasteiger partial charge in [-0.3, -0.25) is 9.78 Å². The Morgan fingerprint density at radius 2 is 1.91 bits per heavy atom. The molecule has 0 unspecified atom stereocenters. The van der Waals surface area contributed by atoms with Crippen molar-refractivity contribution in [3.8, 4) is 16.9 Å². The fourth-order valence-corrected chi connectivity index (χ4v) is 2.70. The molecule has 4 nitrogen and oxygen atoms in total. The molecule has 2 heterocycles. The number of carbonyl (C=O) groups is 1. The summed E-state index contributed by atoms with van der Waals surface area (Å²) in [6.45, 7) is 0.492. The summed E-state index contributed by atoms with van der Waals surface area (Å²) < 4.78 is 5.79. The summed E-state index contributed by atoms with van der Waals surface area (Å²) in [7, 11) is 0. The zero-order valence-corrected chi connectivity index (χ0v) is 12.3. The Balaban J connectivity index is 1.63. The first-order chi connectivity index (χ1) is 11.3. The third kappa shape index (κ3) is 2.55. The number of nitrogens with one attached hydrogen (secondary N) is 1. The molecule has 0 saturated carbocycles. The van der Waals surface area contributed by atoms with E-state index >= 15 is 0 Å². The molecule has 1 amide bonds. The van der Waals surface area contributed by atoms with Crippen LogP contribution in [0.5, 0.6) is 5.75 Å². The van der Waals surface area contributed by atoms with Gasteiger partial charge in [0.25, 0.3) is 5.91 Å². The Hall–Kier alpha value is -3.14. The maximum absolute atomic E-state index is 12.2. The van der Waals surface area contributed by atoms with Crippen LogP contribution < -0.4 is 10.1 Å². The highest BCUT2D eigenvalue weighted by atomic mass is 16.5. The largest absolute Gasteiger partial charge is 0.488 e. The molecular formula is C19H14N2O2. The van der Waals surface area contributed by atoms with Crippen molar-refractivity contribution >= 4 is 11.6 Å². The van der Waals surface area contributed by atoms with Crippen LogP contribution in [0.4, 0.5) is 5.69 Å². The number of fused-ring (bicyclic) bond motifs is 3. The number of carbonyl (C=O) groups excluding carboxylic acids is 1. The molecule has 1 aliphatic rings. The van der Waals surface area contributed by atoms with Gasteiger partial charge < -0.3 is 10.1 Å². The molecule has 1 N–H and O–H groups in total. The summed E-state index contributed by atoms with van der Waals surface area (Å²) in [5, 5.41) is 2.90. The van der Waals surface area contributed by atoms with Gasteiger partial charge in [-0.15, -0.1) is 0 Å². The van der Waals surface area contributed by atoms with Crippen molar-refractivity contribution in [2.75, 3.05) is 5.32 Å². The van der Waals surface area contributed by atoms with E-state index in [9.17, 15) is 4.79 Å². The van der Waals surface area contributed by atoms with E-state index in [1.165, 1.54) is 0 Å². The Labute approximate surface area is 133 Å². The molecule has 0 spiro atoms. The Morgan fingerprint density at radius 3 is 2.78 bits per heavy atom. The molecule has 3 aromatic rings. The highest BCUT2D eigenvalue weighted by Crippen LogP contribution is 2.38. The minimum Gasteiger partial charge on any atom is -0.488 e. The lowest BCUT2D eigenvalue weighted by molar-refractivity contribution is 0.102. The Morgan fingerprint density at radius 1 is 1.04 bits per heavy atom. The summed E-state index contributed by atoms with van der Waals surface area (Å²) >= 11 is 0. The zero-order chi connectivity index (χ0) is 15.6. The number of benzene rings is 2. The predicted molar refractivity (Wildman–Crippen MR) is 88.4 cm³/mol. The molecule has 1 aliphatic heterocycles. The second-order valence-electron chi connectivity index (χ2n) is 5.35. The number of hydrogen-bond acceptors (Lipinski definition) is 3. The Kier molecular flexibility index (Phi) is 3.27. The fraction of sp³-hybridized carbons (Fsp3) is 0.0526. The van der Waals surface area contributed by atoms with Gasteiger partial charge in [-0.2, -0.15) is 0 Å². The van der Waals surface area contributed by atoms with Gasteiger partial charge in [0.15, 0.2) is 0 Å². The molecular weight excluding hydrogens is 288 g/mol. The predicted octanol–water partition coefficient (Wildman–Crippen LogP) is 3.89. The number of pyridine rings is 1. The van der Waals surface area contributed by atoms with Crippen LogP contribution in [0.2, 0.25) is 0 Å². The first kappa shape index (κ1) is 13.5. The first-order valence-corrected chi connectivity index (χ1v) is 7.38. The highest BCUT2D eigenvalue weighted by Gasteiger charge is 2.17. The number of ether oxygens (including phenoxy) is 1. The van der Waals surface area contributed by atoms with Crippen LogP contribution in [0.1, 0.15) is 15.9 Å². The molecule has 1 aromatic heterocycles. The molecule has 112 valence electrons. The van der Waals surface area contributed by atoms with Crippen LogP contribution >= 0.6 is 0 Å². The van der Waals surface area contributed by atoms with Crippen LogP contribution in [-0.4, -0.2) is 10.9 Å². The quantitative estimate of drug-likeness (QED) is 0.781. The average Bonchev–Trinajstić information content (AvgIpc) is 2.62. The third-order valence-electron chi connectivity index (χ3n) is 3.85. The van der Waals surface area contributed by atoms with E-state index in [1.54, 1.807) is 18.3 Å². The molecule has 0 radical (unpaired) electrons. The number of anilines is 1. The number of aromatic nitrogens is 1. The summed E-state index contributed by atoms with van der Waals surface area (Å²) in [6.07, 6.45) is 3.60. The van der Waals surface area contributed by atoms with Crippen LogP contribution in [0, 0.1) is 0 Å². The van der Waals surface area contributed by atoms with E-state index in [0.717, 1.165) is 28.1 Å². The first-order valence-electron chi connectivity index (χ1n) is 7.38. The molecule has 0 bridgehead atoms. The van der Waals surface area contributed by atoms with Gasteiger partial charge in [0, 0.05) is 40.8 Å². The summed E-state index contributed by atoms with van der Waals surface area (Å²) in [4.78, 5) is 16.3. The zero-order valence-electron chi connectivity index (χ0n) is 12.3.